The maximum atomic E-state index is 5.61. The molecule has 0 aromatic carbocycles. The van der Waals surface area contributed by atoms with Crippen molar-refractivity contribution < 1.29 is 9.47 Å². The Bertz CT molecular complexity index is 238. The van der Waals surface area contributed by atoms with Gasteiger partial charge in [-0.15, -0.1) is 0 Å². The van der Waals surface area contributed by atoms with Crippen LogP contribution in [0.3, 0.4) is 0 Å². The molecule has 1 saturated carbocycles. The highest BCUT2D eigenvalue weighted by Gasteiger charge is 2.31. The first-order valence-corrected chi connectivity index (χ1v) is 7.10. The highest BCUT2D eigenvalue weighted by molar-refractivity contribution is 4.80. The van der Waals surface area contributed by atoms with Crippen LogP contribution in [0.4, 0.5) is 0 Å². The van der Waals surface area contributed by atoms with E-state index in [0.29, 0.717) is 6.04 Å². The smallest absolute Gasteiger partial charge is 0.166 e. The van der Waals surface area contributed by atoms with Gasteiger partial charge in [0.1, 0.15) is 0 Å². The Kier molecular flexibility index (Phi) is 4.45. The van der Waals surface area contributed by atoms with Crippen LogP contribution in [0, 0.1) is 11.8 Å². The van der Waals surface area contributed by atoms with Gasteiger partial charge in [0.2, 0.25) is 0 Å². The molecule has 2 rings (SSSR count). The van der Waals surface area contributed by atoms with Crippen LogP contribution in [-0.4, -0.2) is 31.6 Å². The number of hydrogen-bond donors (Lipinski definition) is 1. The Morgan fingerprint density at radius 2 is 1.82 bits per heavy atom. The fourth-order valence-corrected chi connectivity index (χ4v) is 2.94. The summed E-state index contributed by atoms with van der Waals surface area (Å²) in [5.41, 5.74) is 0. The second-order valence-corrected chi connectivity index (χ2v) is 6.00. The molecule has 3 unspecified atom stereocenters. The molecule has 1 aliphatic carbocycles. The predicted octanol–water partition coefficient (Wildman–Crippen LogP) is 2.55. The van der Waals surface area contributed by atoms with Crippen molar-refractivity contribution in [3.8, 4) is 0 Å². The van der Waals surface area contributed by atoms with Crippen molar-refractivity contribution in [1.82, 2.24) is 5.32 Å². The minimum Gasteiger partial charge on any atom is -0.348 e. The quantitative estimate of drug-likeness (QED) is 0.820. The number of hydrogen-bond acceptors (Lipinski definition) is 3. The highest BCUT2D eigenvalue weighted by atomic mass is 16.7. The van der Waals surface area contributed by atoms with Crippen molar-refractivity contribution in [3.63, 3.8) is 0 Å². The van der Waals surface area contributed by atoms with Crippen LogP contribution in [0.15, 0.2) is 0 Å². The fourth-order valence-electron chi connectivity index (χ4n) is 2.94. The van der Waals surface area contributed by atoms with Gasteiger partial charge in [-0.2, -0.15) is 0 Å². The van der Waals surface area contributed by atoms with E-state index in [9.17, 15) is 0 Å². The van der Waals surface area contributed by atoms with Crippen molar-refractivity contribution >= 4 is 0 Å². The van der Waals surface area contributed by atoms with E-state index in [-0.39, 0.29) is 5.79 Å². The van der Waals surface area contributed by atoms with Gasteiger partial charge in [0.25, 0.3) is 0 Å². The molecule has 1 heterocycles. The minimum absolute atomic E-state index is 0.333. The van der Waals surface area contributed by atoms with Crippen LogP contribution in [0.25, 0.3) is 0 Å². The van der Waals surface area contributed by atoms with Crippen LogP contribution in [0.2, 0.25) is 0 Å². The Balaban J connectivity index is 1.65. The SMILES string of the molecule is CC1CCC(NCCC2(C)OCCO2)CC1C. The molecular formula is C14H27NO2. The Morgan fingerprint density at radius 1 is 1.12 bits per heavy atom. The van der Waals surface area contributed by atoms with Gasteiger partial charge in [0.05, 0.1) is 13.2 Å². The van der Waals surface area contributed by atoms with E-state index in [1.54, 1.807) is 0 Å². The summed E-state index contributed by atoms with van der Waals surface area (Å²) in [6.07, 6.45) is 4.96. The molecule has 3 atom stereocenters. The number of ether oxygens (including phenoxy) is 2. The molecule has 0 radical (unpaired) electrons. The average molecular weight is 241 g/mol. The largest absolute Gasteiger partial charge is 0.348 e. The number of rotatable bonds is 4. The topological polar surface area (TPSA) is 30.5 Å². The van der Waals surface area contributed by atoms with Gasteiger partial charge in [-0.1, -0.05) is 13.8 Å². The van der Waals surface area contributed by atoms with Crippen LogP contribution in [0.1, 0.15) is 46.5 Å². The third-order valence-electron chi connectivity index (χ3n) is 4.51. The van der Waals surface area contributed by atoms with Crippen molar-refractivity contribution in [1.29, 1.82) is 0 Å². The molecule has 0 amide bonds. The first-order chi connectivity index (χ1) is 8.09. The lowest BCUT2D eigenvalue weighted by Crippen LogP contribution is -2.39. The van der Waals surface area contributed by atoms with E-state index in [4.69, 9.17) is 9.47 Å². The van der Waals surface area contributed by atoms with Crippen LogP contribution in [-0.2, 0) is 9.47 Å². The average Bonchev–Trinajstić information content (AvgIpc) is 2.71. The molecule has 3 heteroatoms. The summed E-state index contributed by atoms with van der Waals surface area (Å²) in [7, 11) is 0. The molecule has 1 aliphatic heterocycles. The van der Waals surface area contributed by atoms with Gasteiger partial charge in [-0.05, 0) is 38.0 Å². The Hall–Kier alpha value is -0.120. The summed E-state index contributed by atoms with van der Waals surface area (Å²) in [4.78, 5) is 0. The lowest BCUT2D eigenvalue weighted by molar-refractivity contribution is -0.145. The third-order valence-corrected chi connectivity index (χ3v) is 4.51. The van der Waals surface area contributed by atoms with E-state index in [1.165, 1.54) is 19.3 Å². The first-order valence-electron chi connectivity index (χ1n) is 7.10. The highest BCUT2D eigenvalue weighted by Crippen LogP contribution is 2.29. The summed E-state index contributed by atoms with van der Waals surface area (Å²) in [5, 5.41) is 3.66. The van der Waals surface area contributed by atoms with Gasteiger partial charge in [-0.25, -0.2) is 0 Å². The molecule has 0 aromatic rings. The first kappa shape index (κ1) is 13.3. The van der Waals surface area contributed by atoms with Gasteiger partial charge >= 0.3 is 0 Å². The van der Waals surface area contributed by atoms with Gasteiger partial charge < -0.3 is 14.8 Å². The van der Waals surface area contributed by atoms with E-state index in [0.717, 1.165) is 38.0 Å². The standard InChI is InChI=1S/C14H27NO2/c1-11-4-5-13(10-12(11)2)15-7-6-14(3)16-8-9-17-14/h11-13,15H,4-10H2,1-3H3. The van der Waals surface area contributed by atoms with Crippen molar-refractivity contribution in [3.05, 3.63) is 0 Å². The van der Waals surface area contributed by atoms with Gasteiger partial charge in [0, 0.05) is 19.0 Å². The lowest BCUT2D eigenvalue weighted by atomic mass is 9.79. The second-order valence-electron chi connectivity index (χ2n) is 6.00. The Morgan fingerprint density at radius 3 is 2.47 bits per heavy atom. The molecule has 2 fully saturated rings. The van der Waals surface area contributed by atoms with Crippen LogP contribution < -0.4 is 5.32 Å². The zero-order chi connectivity index (χ0) is 12.3. The van der Waals surface area contributed by atoms with Crippen LogP contribution >= 0.6 is 0 Å². The van der Waals surface area contributed by atoms with Crippen molar-refractivity contribution in [2.24, 2.45) is 11.8 Å². The maximum absolute atomic E-state index is 5.61. The third kappa shape index (κ3) is 3.67. The molecule has 100 valence electrons. The van der Waals surface area contributed by atoms with E-state index in [2.05, 4.69) is 19.2 Å². The van der Waals surface area contributed by atoms with E-state index in [1.807, 2.05) is 6.92 Å². The molecule has 3 nitrogen and oxygen atoms in total. The predicted molar refractivity (Wildman–Crippen MR) is 68.9 cm³/mol. The normalized spacial score (nSPS) is 37.2. The van der Waals surface area contributed by atoms with Gasteiger partial charge in [-0.3, -0.25) is 0 Å². The maximum Gasteiger partial charge on any atom is 0.166 e. The molecule has 1 saturated heterocycles. The zero-order valence-electron chi connectivity index (χ0n) is 11.5. The second kappa shape index (κ2) is 5.68. The summed E-state index contributed by atoms with van der Waals surface area (Å²) < 4.78 is 11.2. The van der Waals surface area contributed by atoms with Crippen molar-refractivity contribution in [2.45, 2.75) is 58.3 Å². The van der Waals surface area contributed by atoms with Gasteiger partial charge in [0.15, 0.2) is 5.79 Å². The van der Waals surface area contributed by atoms with Crippen LogP contribution in [0.5, 0.6) is 0 Å². The monoisotopic (exact) mass is 241 g/mol. The molecule has 0 bridgehead atoms. The fraction of sp³-hybridized carbons (Fsp3) is 1.00. The molecule has 0 aromatic heterocycles. The van der Waals surface area contributed by atoms with E-state index < -0.39 is 0 Å². The molecule has 0 spiro atoms. The molecule has 17 heavy (non-hydrogen) atoms. The zero-order valence-corrected chi connectivity index (χ0v) is 11.5. The summed E-state index contributed by atoms with van der Waals surface area (Å²) >= 11 is 0. The van der Waals surface area contributed by atoms with Crippen molar-refractivity contribution in [2.75, 3.05) is 19.8 Å². The summed E-state index contributed by atoms with van der Waals surface area (Å²) in [6.45, 7) is 9.30. The lowest BCUT2D eigenvalue weighted by Gasteiger charge is -2.33. The summed E-state index contributed by atoms with van der Waals surface area (Å²) in [6, 6.07) is 0.700. The molecular weight excluding hydrogens is 214 g/mol. The molecule has 2 aliphatic rings. The minimum atomic E-state index is -0.333. The van der Waals surface area contributed by atoms with E-state index >= 15 is 0 Å². The molecule has 1 N–H and O–H groups in total. The summed E-state index contributed by atoms with van der Waals surface area (Å²) in [5.74, 6) is 1.42. The Labute approximate surface area is 105 Å². The number of nitrogens with one attached hydrogen (secondary N) is 1.